The number of rotatable bonds is 20. The topological polar surface area (TPSA) is 147 Å². The van der Waals surface area contributed by atoms with Gasteiger partial charge in [0.15, 0.2) is 0 Å². The number of carbonyl (C=O) groups excluding carboxylic acids is 1. The van der Waals surface area contributed by atoms with Crippen LogP contribution in [0.3, 0.4) is 0 Å². The Morgan fingerprint density at radius 3 is 1.49 bits per heavy atom. The monoisotopic (exact) mass is 659 g/mol. The van der Waals surface area contributed by atoms with Gasteiger partial charge in [0.25, 0.3) is 0 Å². The first-order valence-electron chi connectivity index (χ1n) is 15.5. The number of carboxylic acids is 2. The molecule has 0 radical (unpaired) electrons. The fraction of sp³-hybridized carbons (Fsp3) is 0.710. The number of carboxylic acid groups (broad SMARTS) is 2. The predicted molar refractivity (Wildman–Crippen MR) is 161 cm³/mol. The number of halogens is 6. The number of nitrogens with two attached hydrogens (primary N) is 2. The molecule has 0 fully saturated rings. The molecule has 0 aliphatic heterocycles. The highest BCUT2D eigenvalue weighted by Gasteiger charge is 2.38. The van der Waals surface area contributed by atoms with E-state index in [-0.39, 0.29) is 5.91 Å². The molecule has 45 heavy (non-hydrogen) atoms. The maximum atomic E-state index is 12.9. The Labute approximate surface area is 262 Å². The molecule has 0 bridgehead atoms. The molecule has 1 atom stereocenters. The molecule has 0 unspecified atom stereocenters. The van der Waals surface area contributed by atoms with Crippen LogP contribution in [0.1, 0.15) is 109 Å². The van der Waals surface area contributed by atoms with E-state index >= 15 is 0 Å². The van der Waals surface area contributed by atoms with Crippen molar-refractivity contribution in [3.63, 3.8) is 0 Å². The summed E-state index contributed by atoms with van der Waals surface area (Å²) in [4.78, 5) is 32.7. The van der Waals surface area contributed by atoms with E-state index in [0.29, 0.717) is 13.1 Å². The minimum Gasteiger partial charge on any atom is -0.475 e. The van der Waals surface area contributed by atoms with Crippen LogP contribution in [0.5, 0.6) is 0 Å². The highest BCUT2D eigenvalue weighted by molar-refractivity contribution is 5.81. The van der Waals surface area contributed by atoms with Crippen LogP contribution < -0.4 is 11.5 Å². The van der Waals surface area contributed by atoms with E-state index in [0.717, 1.165) is 32.2 Å². The third-order valence-corrected chi connectivity index (χ3v) is 6.58. The van der Waals surface area contributed by atoms with Gasteiger partial charge in [0.1, 0.15) is 0 Å². The second-order valence-electron chi connectivity index (χ2n) is 10.6. The van der Waals surface area contributed by atoms with Crippen molar-refractivity contribution in [2.45, 2.75) is 128 Å². The van der Waals surface area contributed by atoms with Gasteiger partial charge in [0.2, 0.25) is 5.91 Å². The van der Waals surface area contributed by atoms with Crippen molar-refractivity contribution in [1.82, 2.24) is 4.90 Å². The van der Waals surface area contributed by atoms with Gasteiger partial charge in [-0.1, -0.05) is 114 Å². The second-order valence-corrected chi connectivity index (χ2v) is 10.6. The molecule has 8 nitrogen and oxygen atoms in total. The fourth-order valence-corrected chi connectivity index (χ4v) is 4.08. The predicted octanol–water partition coefficient (Wildman–Crippen LogP) is 7.44. The van der Waals surface area contributed by atoms with Gasteiger partial charge >= 0.3 is 24.3 Å². The van der Waals surface area contributed by atoms with Crippen LogP contribution in [0.15, 0.2) is 30.3 Å². The van der Waals surface area contributed by atoms with Crippen LogP contribution in [0.2, 0.25) is 0 Å². The van der Waals surface area contributed by atoms with Gasteiger partial charge in [0, 0.05) is 13.1 Å². The lowest BCUT2D eigenvalue weighted by Gasteiger charge is -2.26. The zero-order chi connectivity index (χ0) is 34.7. The molecule has 262 valence electrons. The van der Waals surface area contributed by atoms with Crippen LogP contribution in [-0.4, -0.2) is 64.4 Å². The first-order valence-corrected chi connectivity index (χ1v) is 15.5. The normalized spacial score (nSPS) is 11.8. The number of aliphatic carboxylic acids is 2. The molecule has 0 aliphatic carbocycles. The van der Waals surface area contributed by atoms with Crippen molar-refractivity contribution in [3.05, 3.63) is 35.9 Å². The Bertz CT molecular complexity index is 878. The number of amides is 1. The summed E-state index contributed by atoms with van der Waals surface area (Å²) in [5.74, 6) is -5.43. The third kappa shape index (κ3) is 27.2. The molecule has 1 amide bonds. The van der Waals surface area contributed by atoms with Crippen LogP contribution in [0.25, 0.3) is 0 Å². The van der Waals surface area contributed by atoms with E-state index in [4.69, 9.17) is 31.3 Å². The molecule has 6 N–H and O–H groups in total. The van der Waals surface area contributed by atoms with E-state index in [9.17, 15) is 31.1 Å². The molecule has 1 aromatic rings. The number of unbranched alkanes of at least 4 members (excludes halogenated alkanes) is 12. The number of nitrogens with zero attached hydrogens (tertiary/aromatic N) is 1. The zero-order valence-corrected chi connectivity index (χ0v) is 26.2. The van der Waals surface area contributed by atoms with Gasteiger partial charge in [-0.25, -0.2) is 9.59 Å². The minimum absolute atomic E-state index is 0.0870. The summed E-state index contributed by atoms with van der Waals surface area (Å²) in [6.07, 6.45) is 8.31. The Balaban J connectivity index is 0. The van der Waals surface area contributed by atoms with Crippen LogP contribution in [0, 0.1) is 0 Å². The summed E-state index contributed by atoms with van der Waals surface area (Å²) in [6, 6.07) is 9.84. The number of carbonyl (C=O) groups is 3. The largest absolute Gasteiger partial charge is 0.490 e. The van der Waals surface area contributed by atoms with E-state index in [1.807, 2.05) is 23.1 Å². The summed E-state index contributed by atoms with van der Waals surface area (Å²) in [6.45, 7) is 4.39. The maximum absolute atomic E-state index is 12.9. The van der Waals surface area contributed by atoms with E-state index in [1.54, 1.807) is 0 Å². The first kappa shape index (κ1) is 44.3. The van der Waals surface area contributed by atoms with Crippen molar-refractivity contribution in [2.75, 3.05) is 13.1 Å². The molecule has 14 heteroatoms. The molecule has 0 aliphatic rings. The number of hydrogen-bond donors (Lipinski definition) is 4. The van der Waals surface area contributed by atoms with Crippen molar-refractivity contribution >= 4 is 17.8 Å². The minimum atomic E-state index is -5.08. The molecular weight excluding hydrogens is 608 g/mol. The number of benzene rings is 1. The van der Waals surface area contributed by atoms with Gasteiger partial charge in [0.05, 0.1) is 6.04 Å². The fourth-order valence-electron chi connectivity index (χ4n) is 4.08. The molecule has 0 heterocycles. The van der Waals surface area contributed by atoms with E-state index in [1.165, 1.54) is 76.2 Å². The summed E-state index contributed by atoms with van der Waals surface area (Å²) < 4.78 is 63.5. The summed E-state index contributed by atoms with van der Waals surface area (Å²) in [5, 5.41) is 14.2. The first-order chi connectivity index (χ1) is 21.1. The SMILES string of the molecule is CCCCCCCCCCCCCCN(Cc1ccccc1)C(=O)[C@@H](N)CCCCN.O=C(O)C(F)(F)F.O=C(O)C(F)(F)F. The molecule has 1 rings (SSSR count). The molecule has 1 aromatic carbocycles. The van der Waals surface area contributed by atoms with Crippen LogP contribution in [-0.2, 0) is 20.9 Å². The van der Waals surface area contributed by atoms with Gasteiger partial charge < -0.3 is 26.6 Å². The lowest BCUT2D eigenvalue weighted by molar-refractivity contribution is -0.193. The Hall–Kier alpha value is -2.87. The zero-order valence-electron chi connectivity index (χ0n) is 26.2. The molecular formula is C31H51F6N3O5. The van der Waals surface area contributed by atoms with Crippen molar-refractivity contribution in [2.24, 2.45) is 11.5 Å². The lowest BCUT2D eigenvalue weighted by Crippen LogP contribution is -2.43. The highest BCUT2D eigenvalue weighted by Crippen LogP contribution is 2.15. The van der Waals surface area contributed by atoms with Gasteiger partial charge in [-0.15, -0.1) is 0 Å². The average Bonchev–Trinajstić information content (AvgIpc) is 2.97. The molecule has 0 saturated carbocycles. The van der Waals surface area contributed by atoms with Crippen LogP contribution in [0.4, 0.5) is 26.3 Å². The molecule has 0 spiro atoms. The van der Waals surface area contributed by atoms with E-state index in [2.05, 4.69) is 19.1 Å². The third-order valence-electron chi connectivity index (χ3n) is 6.58. The highest BCUT2D eigenvalue weighted by atomic mass is 19.4. The smallest absolute Gasteiger partial charge is 0.475 e. The van der Waals surface area contributed by atoms with Gasteiger partial charge in [-0.2, -0.15) is 26.3 Å². The maximum Gasteiger partial charge on any atom is 0.490 e. The van der Waals surface area contributed by atoms with Crippen molar-refractivity contribution in [1.29, 1.82) is 0 Å². The number of alkyl halides is 6. The van der Waals surface area contributed by atoms with Crippen molar-refractivity contribution in [3.8, 4) is 0 Å². The molecule has 0 aromatic heterocycles. The van der Waals surface area contributed by atoms with Gasteiger partial charge in [-0.05, 0) is 31.4 Å². The summed E-state index contributed by atoms with van der Waals surface area (Å²) >= 11 is 0. The Morgan fingerprint density at radius 2 is 1.11 bits per heavy atom. The van der Waals surface area contributed by atoms with Gasteiger partial charge in [-0.3, -0.25) is 4.79 Å². The Morgan fingerprint density at radius 1 is 0.711 bits per heavy atom. The quantitative estimate of drug-likeness (QED) is 0.0840. The average molecular weight is 660 g/mol. The van der Waals surface area contributed by atoms with E-state index < -0.39 is 30.3 Å². The Kier molecular flexibility index (Phi) is 25.9. The summed E-state index contributed by atoms with van der Waals surface area (Å²) in [5.41, 5.74) is 13.0. The van der Waals surface area contributed by atoms with Crippen molar-refractivity contribution < 1.29 is 50.9 Å². The van der Waals surface area contributed by atoms with Crippen LogP contribution >= 0.6 is 0 Å². The second kappa shape index (κ2) is 26.4. The molecule has 0 saturated heterocycles. The standard InChI is InChI=1S/C27H49N3O.2C2HF3O2/c1-2-3-4-5-6-7-8-9-10-11-12-18-23-30(24-25-19-14-13-15-20-25)27(31)26(29)21-16-17-22-28;2*3-2(4,5)1(6)7/h13-15,19-20,26H,2-12,16-18,21-24,28-29H2,1H3;2*(H,6,7)/t26-;;/m0../s1. The number of hydrogen-bond acceptors (Lipinski definition) is 5. The summed E-state index contributed by atoms with van der Waals surface area (Å²) in [7, 11) is 0. The lowest BCUT2D eigenvalue weighted by atomic mass is 10.0.